The Morgan fingerprint density at radius 3 is 2.76 bits per heavy atom. The SMILES string of the molecule is O=C(c1n[nH]c2c1CCNC2)N1CCC(c2cc(Cc3ccccc3)[nH]n2)CC1. The highest BCUT2D eigenvalue weighted by molar-refractivity contribution is 5.94. The summed E-state index contributed by atoms with van der Waals surface area (Å²) >= 11 is 0. The zero-order valence-electron chi connectivity index (χ0n) is 16.4. The van der Waals surface area contributed by atoms with Crippen LogP contribution in [0.1, 0.15) is 57.5 Å². The van der Waals surface area contributed by atoms with Crippen LogP contribution in [-0.4, -0.2) is 50.8 Å². The molecule has 3 aromatic rings. The van der Waals surface area contributed by atoms with E-state index in [9.17, 15) is 4.79 Å². The highest BCUT2D eigenvalue weighted by atomic mass is 16.2. The number of likely N-dealkylation sites (tertiary alicyclic amines) is 1. The fraction of sp³-hybridized carbons (Fsp3) is 0.409. The zero-order valence-corrected chi connectivity index (χ0v) is 16.4. The lowest BCUT2D eigenvalue weighted by Crippen LogP contribution is -2.39. The molecule has 0 radical (unpaired) electrons. The molecule has 2 aliphatic heterocycles. The van der Waals surface area contributed by atoms with E-state index in [0.717, 1.165) is 74.5 Å². The van der Waals surface area contributed by atoms with Gasteiger partial charge in [-0.05, 0) is 37.4 Å². The molecule has 7 nitrogen and oxygen atoms in total. The summed E-state index contributed by atoms with van der Waals surface area (Å²) in [5.74, 6) is 0.465. The van der Waals surface area contributed by atoms with Crippen LogP contribution in [0.5, 0.6) is 0 Å². The van der Waals surface area contributed by atoms with Gasteiger partial charge in [0, 0.05) is 43.2 Å². The summed E-state index contributed by atoms with van der Waals surface area (Å²) < 4.78 is 0. The summed E-state index contributed by atoms with van der Waals surface area (Å²) in [5, 5.41) is 18.4. The van der Waals surface area contributed by atoms with Crippen molar-refractivity contribution in [3.8, 4) is 0 Å². The molecule has 150 valence electrons. The average Bonchev–Trinajstić information content (AvgIpc) is 3.41. The molecule has 29 heavy (non-hydrogen) atoms. The molecule has 0 unspecified atom stereocenters. The maximum absolute atomic E-state index is 13.0. The molecule has 1 saturated heterocycles. The second-order valence-corrected chi connectivity index (χ2v) is 8.00. The van der Waals surface area contributed by atoms with Crippen molar-refractivity contribution in [1.82, 2.24) is 30.6 Å². The number of aromatic nitrogens is 4. The summed E-state index contributed by atoms with van der Waals surface area (Å²) in [6.07, 6.45) is 3.61. The summed E-state index contributed by atoms with van der Waals surface area (Å²) in [6, 6.07) is 12.6. The van der Waals surface area contributed by atoms with E-state index in [4.69, 9.17) is 0 Å². The van der Waals surface area contributed by atoms with E-state index in [1.54, 1.807) is 0 Å². The molecule has 0 aliphatic carbocycles. The highest BCUT2D eigenvalue weighted by Gasteiger charge is 2.29. The Labute approximate surface area is 169 Å². The van der Waals surface area contributed by atoms with Gasteiger partial charge in [-0.15, -0.1) is 0 Å². The minimum absolute atomic E-state index is 0.0645. The van der Waals surface area contributed by atoms with E-state index in [1.807, 2.05) is 11.0 Å². The minimum atomic E-state index is 0.0645. The first-order chi connectivity index (χ1) is 14.3. The molecule has 4 heterocycles. The number of hydrogen-bond acceptors (Lipinski definition) is 4. The molecular weight excluding hydrogens is 364 g/mol. The van der Waals surface area contributed by atoms with Gasteiger partial charge in [0.05, 0.1) is 11.4 Å². The van der Waals surface area contributed by atoms with Crippen LogP contribution in [0.15, 0.2) is 36.4 Å². The van der Waals surface area contributed by atoms with Gasteiger partial charge in [-0.3, -0.25) is 15.0 Å². The molecular formula is C22H26N6O. The summed E-state index contributed by atoms with van der Waals surface area (Å²) in [5.41, 5.74) is 6.30. The van der Waals surface area contributed by atoms with Gasteiger partial charge in [0.2, 0.25) is 0 Å². The van der Waals surface area contributed by atoms with E-state index < -0.39 is 0 Å². The van der Waals surface area contributed by atoms with Crippen LogP contribution >= 0.6 is 0 Å². The monoisotopic (exact) mass is 390 g/mol. The van der Waals surface area contributed by atoms with Crippen LogP contribution in [0.3, 0.4) is 0 Å². The Kier molecular flexibility index (Phi) is 4.89. The first kappa shape index (κ1) is 18.1. The Bertz CT molecular complexity index is 984. The Hall–Kier alpha value is -2.93. The van der Waals surface area contributed by atoms with Crippen LogP contribution in [0.25, 0.3) is 0 Å². The van der Waals surface area contributed by atoms with Gasteiger partial charge in [-0.2, -0.15) is 10.2 Å². The molecule has 5 rings (SSSR count). The van der Waals surface area contributed by atoms with Gasteiger partial charge in [-0.25, -0.2) is 0 Å². The van der Waals surface area contributed by atoms with Crippen LogP contribution in [0.2, 0.25) is 0 Å². The molecule has 2 aliphatic rings. The number of aromatic amines is 2. The molecule has 0 bridgehead atoms. The normalized spacial score (nSPS) is 17.3. The number of piperidine rings is 1. The number of hydrogen-bond donors (Lipinski definition) is 3. The van der Waals surface area contributed by atoms with Crippen molar-refractivity contribution in [3.63, 3.8) is 0 Å². The summed E-state index contributed by atoms with van der Waals surface area (Å²) in [6.45, 7) is 3.18. The van der Waals surface area contributed by atoms with Crippen LogP contribution < -0.4 is 5.32 Å². The van der Waals surface area contributed by atoms with Gasteiger partial charge in [0.1, 0.15) is 0 Å². The van der Waals surface area contributed by atoms with Crippen molar-refractivity contribution < 1.29 is 4.79 Å². The van der Waals surface area contributed by atoms with Crippen molar-refractivity contribution in [2.75, 3.05) is 19.6 Å². The van der Waals surface area contributed by atoms with Crippen LogP contribution in [0, 0.1) is 0 Å². The Morgan fingerprint density at radius 2 is 1.93 bits per heavy atom. The average molecular weight is 390 g/mol. The van der Waals surface area contributed by atoms with E-state index in [1.165, 1.54) is 5.56 Å². The predicted octanol–water partition coefficient (Wildman–Crippen LogP) is 2.39. The maximum atomic E-state index is 13.0. The molecule has 0 spiro atoms. The fourth-order valence-electron chi connectivity index (χ4n) is 4.44. The van der Waals surface area contributed by atoms with Crippen molar-refractivity contribution in [2.24, 2.45) is 0 Å². The lowest BCUT2D eigenvalue weighted by Gasteiger charge is -2.31. The van der Waals surface area contributed by atoms with Gasteiger partial charge in [0.25, 0.3) is 5.91 Å². The van der Waals surface area contributed by atoms with Gasteiger partial charge in [-0.1, -0.05) is 30.3 Å². The molecule has 2 aromatic heterocycles. The third-order valence-electron chi connectivity index (χ3n) is 6.10. The second kappa shape index (κ2) is 7.83. The number of nitrogens with zero attached hydrogens (tertiary/aromatic N) is 3. The topological polar surface area (TPSA) is 89.7 Å². The van der Waals surface area contributed by atoms with E-state index in [2.05, 4.69) is 56.0 Å². The molecule has 0 saturated carbocycles. The number of benzene rings is 1. The number of fused-ring (bicyclic) bond motifs is 1. The quantitative estimate of drug-likeness (QED) is 0.638. The first-order valence-electron chi connectivity index (χ1n) is 10.4. The molecule has 0 atom stereocenters. The molecule has 1 amide bonds. The number of amides is 1. The Morgan fingerprint density at radius 1 is 1.10 bits per heavy atom. The third-order valence-corrected chi connectivity index (χ3v) is 6.10. The molecule has 1 aromatic carbocycles. The first-order valence-corrected chi connectivity index (χ1v) is 10.4. The largest absolute Gasteiger partial charge is 0.337 e. The molecule has 7 heteroatoms. The summed E-state index contributed by atoms with van der Waals surface area (Å²) in [4.78, 5) is 14.9. The maximum Gasteiger partial charge on any atom is 0.274 e. The number of carbonyl (C=O) groups excluding carboxylic acids is 1. The minimum Gasteiger partial charge on any atom is -0.337 e. The molecule has 3 N–H and O–H groups in total. The van der Waals surface area contributed by atoms with Crippen molar-refractivity contribution in [2.45, 2.75) is 38.1 Å². The number of rotatable bonds is 4. The number of carbonyl (C=O) groups is 1. The van der Waals surface area contributed by atoms with E-state index in [0.29, 0.717) is 11.6 Å². The van der Waals surface area contributed by atoms with Gasteiger partial charge < -0.3 is 10.2 Å². The summed E-state index contributed by atoms with van der Waals surface area (Å²) in [7, 11) is 0. The third kappa shape index (κ3) is 3.70. The van der Waals surface area contributed by atoms with E-state index in [-0.39, 0.29) is 5.91 Å². The fourth-order valence-corrected chi connectivity index (χ4v) is 4.44. The smallest absolute Gasteiger partial charge is 0.274 e. The van der Waals surface area contributed by atoms with Crippen LogP contribution in [0.4, 0.5) is 0 Å². The van der Waals surface area contributed by atoms with Crippen molar-refractivity contribution in [3.05, 3.63) is 70.3 Å². The predicted molar refractivity (Wildman–Crippen MR) is 110 cm³/mol. The Balaban J connectivity index is 1.21. The van der Waals surface area contributed by atoms with E-state index >= 15 is 0 Å². The lowest BCUT2D eigenvalue weighted by atomic mass is 9.92. The zero-order chi connectivity index (χ0) is 19.6. The number of H-pyrrole nitrogens is 2. The lowest BCUT2D eigenvalue weighted by molar-refractivity contribution is 0.0705. The van der Waals surface area contributed by atoms with Crippen LogP contribution in [-0.2, 0) is 19.4 Å². The highest BCUT2D eigenvalue weighted by Crippen LogP contribution is 2.29. The number of nitrogens with one attached hydrogen (secondary N) is 3. The standard InChI is InChI=1S/C22H26N6O/c29-22(21-18-6-9-23-14-20(18)26-27-21)28-10-7-16(8-11-28)19-13-17(24-25-19)12-15-4-2-1-3-5-15/h1-5,13,16,23H,6-12,14H2,(H,24,25)(H,26,27). The van der Waals surface area contributed by atoms with Crippen molar-refractivity contribution >= 4 is 5.91 Å². The second-order valence-electron chi connectivity index (χ2n) is 8.00. The molecule has 1 fully saturated rings. The van der Waals surface area contributed by atoms with Gasteiger partial charge >= 0.3 is 0 Å². The van der Waals surface area contributed by atoms with Crippen molar-refractivity contribution in [1.29, 1.82) is 0 Å². The van der Waals surface area contributed by atoms with Gasteiger partial charge in [0.15, 0.2) is 5.69 Å².